The molecule has 0 aliphatic rings. The standard InChI is InChI=1S/C15H12FN3O3S/c1-9-4-5-11(10(16)7-9)17-13(20)8-23-15-19-18-14(22-15)12-3-2-6-21-12/h2-7H,8H2,1H3,(H,17,20). The van der Waals surface area contributed by atoms with Crippen LogP contribution in [0.5, 0.6) is 0 Å². The number of hydrogen-bond donors (Lipinski definition) is 1. The number of furan rings is 1. The third-order valence-corrected chi connectivity index (χ3v) is 3.68. The van der Waals surface area contributed by atoms with Gasteiger partial charge in [-0.2, -0.15) is 0 Å². The summed E-state index contributed by atoms with van der Waals surface area (Å²) in [7, 11) is 0. The number of amides is 1. The summed E-state index contributed by atoms with van der Waals surface area (Å²) in [5, 5.41) is 10.4. The molecule has 2 aromatic heterocycles. The fourth-order valence-electron chi connectivity index (χ4n) is 1.80. The molecule has 1 aromatic carbocycles. The number of benzene rings is 1. The average Bonchev–Trinajstić information content (AvgIpc) is 3.18. The van der Waals surface area contributed by atoms with Gasteiger partial charge in [0.15, 0.2) is 5.76 Å². The van der Waals surface area contributed by atoms with Gasteiger partial charge < -0.3 is 14.2 Å². The number of halogens is 1. The molecular formula is C15H12FN3O3S. The predicted molar refractivity (Wildman–Crippen MR) is 82.5 cm³/mol. The number of rotatable bonds is 5. The second-order valence-electron chi connectivity index (χ2n) is 4.67. The highest BCUT2D eigenvalue weighted by Crippen LogP contribution is 2.23. The molecule has 0 aliphatic heterocycles. The number of hydrogen-bond acceptors (Lipinski definition) is 6. The van der Waals surface area contributed by atoms with E-state index in [1.165, 1.54) is 18.4 Å². The first-order valence-electron chi connectivity index (χ1n) is 6.68. The topological polar surface area (TPSA) is 81.2 Å². The van der Waals surface area contributed by atoms with E-state index in [0.717, 1.165) is 17.3 Å². The third kappa shape index (κ3) is 3.78. The molecule has 0 saturated heterocycles. The lowest BCUT2D eigenvalue weighted by Gasteiger charge is -2.05. The Labute approximate surface area is 135 Å². The summed E-state index contributed by atoms with van der Waals surface area (Å²) in [6, 6.07) is 8.00. The SMILES string of the molecule is Cc1ccc(NC(=O)CSc2nnc(-c3ccco3)o2)c(F)c1. The van der Waals surface area contributed by atoms with Crippen molar-refractivity contribution in [3.05, 3.63) is 48.0 Å². The van der Waals surface area contributed by atoms with E-state index in [0.29, 0.717) is 5.76 Å². The predicted octanol–water partition coefficient (Wildman–Crippen LogP) is 3.51. The number of aromatic nitrogens is 2. The minimum atomic E-state index is -0.471. The van der Waals surface area contributed by atoms with Crippen LogP contribution in [0.3, 0.4) is 0 Å². The minimum absolute atomic E-state index is 0.0209. The Balaban J connectivity index is 1.57. The quantitative estimate of drug-likeness (QED) is 0.720. The first kappa shape index (κ1) is 15.3. The molecule has 0 fully saturated rings. The molecule has 0 aliphatic carbocycles. The van der Waals surface area contributed by atoms with Gasteiger partial charge in [-0.25, -0.2) is 4.39 Å². The molecule has 8 heteroatoms. The molecule has 1 N–H and O–H groups in total. The van der Waals surface area contributed by atoms with Crippen molar-refractivity contribution >= 4 is 23.4 Å². The highest BCUT2D eigenvalue weighted by Gasteiger charge is 2.13. The highest BCUT2D eigenvalue weighted by atomic mass is 32.2. The first-order chi connectivity index (χ1) is 11.1. The molecule has 0 radical (unpaired) electrons. The molecule has 3 rings (SSSR count). The van der Waals surface area contributed by atoms with Crippen LogP contribution in [-0.4, -0.2) is 21.9 Å². The smallest absolute Gasteiger partial charge is 0.284 e. The molecule has 0 unspecified atom stereocenters. The molecule has 6 nitrogen and oxygen atoms in total. The van der Waals surface area contributed by atoms with Gasteiger partial charge in [-0.1, -0.05) is 17.8 Å². The number of nitrogens with one attached hydrogen (secondary N) is 1. The third-order valence-electron chi connectivity index (χ3n) is 2.86. The summed E-state index contributed by atoms with van der Waals surface area (Å²) in [6.07, 6.45) is 1.50. The van der Waals surface area contributed by atoms with Gasteiger partial charge in [0.05, 0.1) is 17.7 Å². The molecule has 2 heterocycles. The Bertz CT molecular complexity index is 817. The van der Waals surface area contributed by atoms with Gasteiger partial charge in [0.2, 0.25) is 5.91 Å². The van der Waals surface area contributed by atoms with Gasteiger partial charge in [-0.15, -0.1) is 10.2 Å². The van der Waals surface area contributed by atoms with Gasteiger partial charge in [0, 0.05) is 0 Å². The van der Waals surface area contributed by atoms with Crippen molar-refractivity contribution in [3.63, 3.8) is 0 Å². The van der Waals surface area contributed by atoms with E-state index in [1.54, 1.807) is 25.1 Å². The highest BCUT2D eigenvalue weighted by molar-refractivity contribution is 7.99. The first-order valence-corrected chi connectivity index (χ1v) is 7.66. The molecule has 0 spiro atoms. The van der Waals surface area contributed by atoms with E-state index in [9.17, 15) is 9.18 Å². The number of anilines is 1. The zero-order valence-electron chi connectivity index (χ0n) is 12.1. The molecule has 0 bridgehead atoms. The lowest BCUT2D eigenvalue weighted by atomic mass is 10.2. The zero-order valence-corrected chi connectivity index (χ0v) is 12.9. The monoisotopic (exact) mass is 333 g/mol. The van der Waals surface area contributed by atoms with Crippen LogP contribution in [0.2, 0.25) is 0 Å². The lowest BCUT2D eigenvalue weighted by Crippen LogP contribution is -2.15. The maximum absolute atomic E-state index is 13.7. The van der Waals surface area contributed by atoms with Crippen LogP contribution in [0.1, 0.15) is 5.56 Å². The molecular weight excluding hydrogens is 321 g/mol. The zero-order chi connectivity index (χ0) is 16.2. The maximum atomic E-state index is 13.7. The summed E-state index contributed by atoms with van der Waals surface area (Å²) in [5.74, 6) is -0.123. The van der Waals surface area contributed by atoms with Gasteiger partial charge in [0.1, 0.15) is 5.82 Å². The van der Waals surface area contributed by atoms with Crippen molar-refractivity contribution in [3.8, 4) is 11.7 Å². The van der Waals surface area contributed by atoms with E-state index < -0.39 is 5.82 Å². The average molecular weight is 333 g/mol. The van der Waals surface area contributed by atoms with Gasteiger partial charge in [0.25, 0.3) is 11.1 Å². The van der Waals surface area contributed by atoms with Crippen LogP contribution < -0.4 is 5.32 Å². The summed E-state index contributed by atoms with van der Waals surface area (Å²) in [5.41, 5.74) is 0.925. The van der Waals surface area contributed by atoms with Crippen LogP contribution in [0.25, 0.3) is 11.7 Å². The fourth-order valence-corrected chi connectivity index (χ4v) is 2.37. The Morgan fingerprint density at radius 2 is 2.22 bits per heavy atom. The van der Waals surface area contributed by atoms with E-state index in [-0.39, 0.29) is 28.5 Å². The second kappa shape index (κ2) is 6.66. The molecule has 3 aromatic rings. The largest absolute Gasteiger partial charge is 0.459 e. The van der Waals surface area contributed by atoms with Crippen molar-refractivity contribution in [1.29, 1.82) is 0 Å². The van der Waals surface area contributed by atoms with Crippen molar-refractivity contribution in [2.45, 2.75) is 12.1 Å². The number of thioether (sulfide) groups is 1. The van der Waals surface area contributed by atoms with Crippen molar-refractivity contribution in [1.82, 2.24) is 10.2 Å². The van der Waals surface area contributed by atoms with Crippen molar-refractivity contribution < 1.29 is 18.0 Å². The van der Waals surface area contributed by atoms with Crippen LogP contribution in [0.15, 0.2) is 50.7 Å². The van der Waals surface area contributed by atoms with E-state index >= 15 is 0 Å². The van der Waals surface area contributed by atoms with Gasteiger partial charge in [-0.05, 0) is 36.8 Å². The Kier molecular flexibility index (Phi) is 4.42. The fraction of sp³-hybridized carbons (Fsp3) is 0.133. The van der Waals surface area contributed by atoms with E-state index in [2.05, 4.69) is 15.5 Å². The minimum Gasteiger partial charge on any atom is -0.459 e. The van der Waals surface area contributed by atoms with E-state index in [1.807, 2.05) is 0 Å². The van der Waals surface area contributed by atoms with Gasteiger partial charge >= 0.3 is 0 Å². The van der Waals surface area contributed by atoms with Crippen LogP contribution in [-0.2, 0) is 4.79 Å². The second-order valence-corrected chi connectivity index (χ2v) is 5.60. The molecule has 0 atom stereocenters. The molecule has 0 saturated carbocycles. The molecule has 1 amide bonds. The number of carbonyl (C=O) groups excluding carboxylic acids is 1. The summed E-state index contributed by atoms with van der Waals surface area (Å²) >= 11 is 1.06. The van der Waals surface area contributed by atoms with E-state index in [4.69, 9.17) is 8.83 Å². The van der Waals surface area contributed by atoms with Crippen LogP contribution in [0, 0.1) is 12.7 Å². The molecule has 23 heavy (non-hydrogen) atoms. The number of carbonyl (C=O) groups is 1. The Hall–Kier alpha value is -2.61. The van der Waals surface area contributed by atoms with Crippen LogP contribution in [0.4, 0.5) is 10.1 Å². The normalized spacial score (nSPS) is 10.7. The van der Waals surface area contributed by atoms with Gasteiger partial charge in [-0.3, -0.25) is 4.79 Å². The summed E-state index contributed by atoms with van der Waals surface area (Å²) in [6.45, 7) is 1.77. The molecule has 118 valence electrons. The Morgan fingerprint density at radius 1 is 1.35 bits per heavy atom. The maximum Gasteiger partial charge on any atom is 0.284 e. The summed E-state index contributed by atoms with van der Waals surface area (Å²) < 4.78 is 24.2. The number of nitrogens with zero attached hydrogens (tertiary/aromatic N) is 2. The van der Waals surface area contributed by atoms with Crippen molar-refractivity contribution in [2.24, 2.45) is 0 Å². The summed E-state index contributed by atoms with van der Waals surface area (Å²) in [4.78, 5) is 11.9. The van der Waals surface area contributed by atoms with Crippen molar-refractivity contribution in [2.75, 3.05) is 11.1 Å². The van der Waals surface area contributed by atoms with Crippen LogP contribution >= 0.6 is 11.8 Å². The Morgan fingerprint density at radius 3 is 2.96 bits per heavy atom. The lowest BCUT2D eigenvalue weighted by molar-refractivity contribution is -0.113. The number of aryl methyl sites for hydroxylation is 1.